The quantitative estimate of drug-likeness (QED) is 0.502. The first-order chi connectivity index (χ1) is 15.4. The van der Waals surface area contributed by atoms with E-state index in [1.165, 1.54) is 43.3 Å². The molecule has 0 bridgehead atoms. The van der Waals surface area contributed by atoms with Gasteiger partial charge < -0.3 is 4.90 Å². The molecule has 172 valence electrons. The Kier molecular flexibility index (Phi) is 5.86. The van der Waals surface area contributed by atoms with Gasteiger partial charge in [-0.05, 0) is 68.4 Å². The van der Waals surface area contributed by atoms with Crippen LogP contribution in [0.3, 0.4) is 0 Å². The van der Waals surface area contributed by atoms with Crippen LogP contribution in [0.5, 0.6) is 0 Å². The van der Waals surface area contributed by atoms with Crippen LogP contribution < -0.4 is 4.90 Å². The van der Waals surface area contributed by atoms with Crippen molar-refractivity contribution in [3.05, 3.63) is 34.7 Å². The predicted molar refractivity (Wildman–Crippen MR) is 120 cm³/mol. The van der Waals surface area contributed by atoms with Crippen molar-refractivity contribution < 1.29 is 13.2 Å². The zero-order chi connectivity index (χ0) is 22.3. The molecule has 0 radical (unpaired) electrons. The van der Waals surface area contributed by atoms with E-state index < -0.39 is 12.6 Å². The molecular weight excluding hydrogens is 435 g/mol. The molecule has 1 fully saturated rings. The molecule has 0 unspecified atom stereocenters. The Hall–Kier alpha value is -2.16. The molecule has 2 aliphatic rings. The fourth-order valence-corrected chi connectivity index (χ4v) is 6.51. The second-order valence-corrected chi connectivity index (χ2v) is 10.3. The average molecular weight is 464 g/mol. The molecule has 1 saturated heterocycles. The zero-order valence-electron chi connectivity index (χ0n) is 18.2. The lowest BCUT2D eigenvalue weighted by Gasteiger charge is -2.27. The van der Waals surface area contributed by atoms with Gasteiger partial charge in [0.2, 0.25) is 0 Å². The Bertz CT molecular complexity index is 1090. The Balaban J connectivity index is 1.29. The van der Waals surface area contributed by atoms with E-state index in [9.17, 15) is 13.2 Å². The van der Waals surface area contributed by atoms with Gasteiger partial charge >= 0.3 is 6.18 Å². The fourth-order valence-electron chi connectivity index (χ4n) is 5.49. The van der Waals surface area contributed by atoms with Gasteiger partial charge in [-0.1, -0.05) is 0 Å². The van der Waals surface area contributed by atoms with Crippen LogP contribution in [0.2, 0.25) is 0 Å². The molecule has 32 heavy (non-hydrogen) atoms. The second kappa shape index (κ2) is 8.65. The minimum Gasteiger partial charge on any atom is -0.356 e. The summed E-state index contributed by atoms with van der Waals surface area (Å²) in [5, 5.41) is 5.24. The third-order valence-electron chi connectivity index (χ3n) is 7.00. The van der Waals surface area contributed by atoms with E-state index in [4.69, 9.17) is 0 Å². The standard InChI is InChI=1S/C23H28F3N5S/c1-30-20-6-2-5-16(19(20)13-29-30)10-15-4-3-8-31(9-7-15)21-18-11-17(12-23(24,25)26)32-22(18)28-14-27-21/h11,13-16H,2-10,12H2,1H3/t15-,16+/m0/s1. The number of thiophene rings is 1. The number of hydrogen-bond acceptors (Lipinski definition) is 5. The first-order valence-corrected chi connectivity index (χ1v) is 12.2. The number of anilines is 1. The molecule has 1 aliphatic carbocycles. The van der Waals surface area contributed by atoms with Crippen LogP contribution >= 0.6 is 11.3 Å². The Labute approximate surface area is 189 Å². The SMILES string of the molecule is Cn1ncc2c1CCC[C@@H]2C[C@H]1CCCN(c2ncnc3sc(CC(F)(F)F)cc23)CC1. The summed E-state index contributed by atoms with van der Waals surface area (Å²) < 4.78 is 40.6. The minimum absolute atomic E-state index is 0.298. The molecule has 0 spiro atoms. The van der Waals surface area contributed by atoms with Crippen LogP contribution in [-0.4, -0.2) is 39.0 Å². The molecule has 0 saturated carbocycles. The normalized spacial score (nSPS) is 22.2. The number of aromatic nitrogens is 4. The van der Waals surface area contributed by atoms with Gasteiger partial charge in [0.15, 0.2) is 0 Å². The van der Waals surface area contributed by atoms with Crippen molar-refractivity contribution in [3.8, 4) is 0 Å². The Morgan fingerprint density at radius 3 is 2.84 bits per heavy atom. The van der Waals surface area contributed by atoms with Gasteiger partial charge in [0.05, 0.1) is 18.0 Å². The summed E-state index contributed by atoms with van der Waals surface area (Å²) >= 11 is 1.12. The maximum Gasteiger partial charge on any atom is 0.393 e. The second-order valence-electron chi connectivity index (χ2n) is 9.20. The highest BCUT2D eigenvalue weighted by Crippen LogP contribution is 2.39. The number of alkyl halides is 3. The molecule has 0 aromatic carbocycles. The summed E-state index contributed by atoms with van der Waals surface area (Å²) in [6, 6.07) is 1.64. The van der Waals surface area contributed by atoms with Crippen LogP contribution in [0.4, 0.5) is 19.0 Å². The Morgan fingerprint density at radius 1 is 1.12 bits per heavy atom. The molecule has 3 aromatic heterocycles. The number of halogens is 3. The molecule has 0 amide bonds. The molecule has 5 rings (SSSR count). The lowest BCUT2D eigenvalue weighted by molar-refractivity contribution is -0.126. The van der Waals surface area contributed by atoms with Gasteiger partial charge in [0, 0.05) is 30.7 Å². The smallest absolute Gasteiger partial charge is 0.356 e. The highest BCUT2D eigenvalue weighted by Gasteiger charge is 2.30. The van der Waals surface area contributed by atoms with Gasteiger partial charge in [-0.3, -0.25) is 4.68 Å². The number of nitrogens with zero attached hydrogens (tertiary/aromatic N) is 5. The molecular formula is C23H28F3N5S. The number of hydrogen-bond donors (Lipinski definition) is 0. The fraction of sp³-hybridized carbons (Fsp3) is 0.609. The van der Waals surface area contributed by atoms with Gasteiger partial charge in [0.25, 0.3) is 0 Å². The summed E-state index contributed by atoms with van der Waals surface area (Å²) in [6.45, 7) is 1.77. The topological polar surface area (TPSA) is 46.8 Å². The van der Waals surface area contributed by atoms with Crippen LogP contribution in [-0.2, 0) is 19.9 Å². The van der Waals surface area contributed by atoms with Gasteiger partial charge in [-0.15, -0.1) is 11.3 Å². The van der Waals surface area contributed by atoms with Crippen molar-refractivity contribution >= 4 is 27.4 Å². The number of rotatable bonds is 4. The van der Waals surface area contributed by atoms with Crippen molar-refractivity contribution in [2.75, 3.05) is 18.0 Å². The maximum absolute atomic E-state index is 12.9. The van der Waals surface area contributed by atoms with E-state index >= 15 is 0 Å². The summed E-state index contributed by atoms with van der Waals surface area (Å²) in [6.07, 6.45) is 6.55. The van der Waals surface area contributed by atoms with Crippen molar-refractivity contribution in [1.29, 1.82) is 0 Å². The minimum atomic E-state index is -4.21. The van der Waals surface area contributed by atoms with E-state index in [-0.39, 0.29) is 0 Å². The largest absolute Gasteiger partial charge is 0.393 e. The van der Waals surface area contributed by atoms with E-state index in [1.807, 2.05) is 11.7 Å². The first kappa shape index (κ1) is 21.7. The first-order valence-electron chi connectivity index (χ1n) is 11.4. The van der Waals surface area contributed by atoms with Crippen LogP contribution in [0.15, 0.2) is 18.6 Å². The number of fused-ring (bicyclic) bond motifs is 2. The van der Waals surface area contributed by atoms with Crippen molar-refractivity contribution in [2.24, 2.45) is 13.0 Å². The average Bonchev–Trinajstić information content (AvgIpc) is 3.23. The summed E-state index contributed by atoms with van der Waals surface area (Å²) in [4.78, 5) is 11.9. The number of aryl methyl sites for hydroxylation is 1. The van der Waals surface area contributed by atoms with Gasteiger partial charge in [-0.25, -0.2) is 9.97 Å². The molecule has 0 N–H and O–H groups in total. The Morgan fingerprint density at radius 2 is 2.00 bits per heavy atom. The summed E-state index contributed by atoms with van der Waals surface area (Å²) in [5.41, 5.74) is 2.83. The van der Waals surface area contributed by atoms with Crippen LogP contribution in [0.1, 0.15) is 60.6 Å². The van der Waals surface area contributed by atoms with E-state index in [0.29, 0.717) is 21.5 Å². The van der Waals surface area contributed by atoms with Gasteiger partial charge in [0.1, 0.15) is 17.0 Å². The lowest BCUT2D eigenvalue weighted by Crippen LogP contribution is -2.25. The van der Waals surface area contributed by atoms with Crippen molar-refractivity contribution in [2.45, 2.75) is 63.5 Å². The van der Waals surface area contributed by atoms with Gasteiger partial charge in [-0.2, -0.15) is 18.3 Å². The summed E-state index contributed by atoms with van der Waals surface area (Å²) in [5.74, 6) is 2.03. The third kappa shape index (κ3) is 4.49. The monoisotopic (exact) mass is 463 g/mol. The van der Waals surface area contributed by atoms with E-state index in [2.05, 4.69) is 26.2 Å². The van der Waals surface area contributed by atoms with Crippen LogP contribution in [0, 0.1) is 5.92 Å². The van der Waals surface area contributed by atoms with E-state index in [1.54, 1.807) is 6.07 Å². The third-order valence-corrected chi connectivity index (χ3v) is 8.04. The molecule has 5 nitrogen and oxygen atoms in total. The lowest BCUT2D eigenvalue weighted by atomic mass is 9.79. The predicted octanol–water partition coefficient (Wildman–Crippen LogP) is 5.65. The zero-order valence-corrected chi connectivity index (χ0v) is 19.1. The molecule has 4 heterocycles. The maximum atomic E-state index is 12.9. The van der Waals surface area contributed by atoms with E-state index in [0.717, 1.165) is 54.9 Å². The van der Waals surface area contributed by atoms with Crippen LogP contribution in [0.25, 0.3) is 10.2 Å². The molecule has 2 atom stereocenters. The molecule has 1 aliphatic heterocycles. The molecule has 9 heteroatoms. The van der Waals surface area contributed by atoms with Crippen molar-refractivity contribution in [3.63, 3.8) is 0 Å². The highest BCUT2D eigenvalue weighted by molar-refractivity contribution is 7.18. The summed E-state index contributed by atoms with van der Waals surface area (Å²) in [7, 11) is 2.04. The molecule has 3 aromatic rings. The van der Waals surface area contributed by atoms with Crippen molar-refractivity contribution in [1.82, 2.24) is 19.7 Å². The highest BCUT2D eigenvalue weighted by atomic mass is 32.1.